The zero-order valence-corrected chi connectivity index (χ0v) is 36.9. The summed E-state index contributed by atoms with van der Waals surface area (Å²) in [7, 11) is 1.56. The first kappa shape index (κ1) is 52.7. The fourth-order valence-corrected chi connectivity index (χ4v) is 6.95. The van der Waals surface area contributed by atoms with Gasteiger partial charge < -0.3 is 19.8 Å². The van der Waals surface area contributed by atoms with Gasteiger partial charge in [0.05, 0.1) is 39.9 Å². The lowest BCUT2D eigenvalue weighted by atomic mass is 10.0. The number of likely N-dealkylation sites (N-methyl/N-ethyl adjacent to an activating group) is 1. The van der Waals surface area contributed by atoms with Gasteiger partial charge in [-0.1, -0.05) is 159 Å². The number of amides is 1. The Bertz CT molecular complexity index is 980. The highest BCUT2D eigenvalue weighted by atomic mass is 31.2. The topological polar surface area (TPSA) is 105 Å². The van der Waals surface area contributed by atoms with Crippen LogP contribution in [0.3, 0.4) is 0 Å². The van der Waals surface area contributed by atoms with Crippen LogP contribution in [0.25, 0.3) is 0 Å². The average molecular weight is 784 g/mol. The van der Waals surface area contributed by atoms with Crippen molar-refractivity contribution >= 4 is 13.7 Å². The molecule has 0 aliphatic rings. The van der Waals surface area contributed by atoms with Crippen molar-refractivity contribution in [1.82, 2.24) is 5.32 Å². The van der Waals surface area contributed by atoms with Gasteiger partial charge >= 0.3 is 7.82 Å². The second-order valence-electron chi connectivity index (χ2n) is 16.4. The summed E-state index contributed by atoms with van der Waals surface area (Å²) in [5.41, 5.74) is 0. The fraction of sp³-hybridized carbons (Fsp3) is 0.844. The van der Waals surface area contributed by atoms with E-state index >= 15 is 0 Å². The molecule has 54 heavy (non-hydrogen) atoms. The van der Waals surface area contributed by atoms with Gasteiger partial charge in [-0.25, -0.2) is 4.57 Å². The summed E-state index contributed by atoms with van der Waals surface area (Å²) < 4.78 is 23.5. The van der Waals surface area contributed by atoms with Crippen LogP contribution in [-0.2, 0) is 18.4 Å². The van der Waals surface area contributed by atoms with Gasteiger partial charge in [0.15, 0.2) is 0 Å². The number of nitrogens with zero attached hydrogens (tertiary/aromatic N) is 1. The van der Waals surface area contributed by atoms with Crippen LogP contribution < -0.4 is 5.32 Å². The van der Waals surface area contributed by atoms with Crippen molar-refractivity contribution < 1.29 is 32.9 Å². The van der Waals surface area contributed by atoms with E-state index in [0.717, 1.165) is 38.5 Å². The van der Waals surface area contributed by atoms with Crippen molar-refractivity contribution in [1.29, 1.82) is 0 Å². The second-order valence-corrected chi connectivity index (χ2v) is 17.9. The molecule has 0 aromatic carbocycles. The third kappa shape index (κ3) is 39.0. The van der Waals surface area contributed by atoms with Gasteiger partial charge in [0.1, 0.15) is 13.2 Å². The van der Waals surface area contributed by atoms with Crippen LogP contribution in [0.1, 0.15) is 194 Å². The molecule has 0 aromatic rings. The molecular formula is C45H88N2O6P+. The Kier molecular flexibility index (Phi) is 36.4. The Morgan fingerprint density at radius 2 is 1.04 bits per heavy atom. The SMILES string of the molecule is CCC/C=C/CCCCCCCC/C=C/[C@@H](O)[C@H](COP(=O)(O)OCC[N+](C)(C)C)NC(=O)CCCCCCCCCCC/C=C/CCCCCCCC. The van der Waals surface area contributed by atoms with Crippen LogP contribution in [-0.4, -0.2) is 73.4 Å². The molecule has 0 radical (unpaired) electrons. The first-order valence-corrected chi connectivity index (χ1v) is 23.9. The van der Waals surface area contributed by atoms with Crippen molar-refractivity contribution in [2.75, 3.05) is 40.9 Å². The standard InChI is InChI=1S/C45H87N2O6P/c1-6-8-10-12-14-16-18-20-21-22-23-24-25-27-29-31-33-35-37-39-45(49)46-43(42-53-54(50,51)52-41-40-47(3,4)5)44(48)38-36-34-32-30-28-26-19-17-15-13-11-9-7-2/h11,13,20-21,36,38,43-44,48H,6-10,12,14-19,22-35,37,39-42H2,1-5H3,(H-,46,49,50,51)/p+1/b13-11+,21-20+,38-36+/t43-,44+/m0/s1. The van der Waals surface area contributed by atoms with E-state index < -0.39 is 20.0 Å². The largest absolute Gasteiger partial charge is 0.472 e. The van der Waals surface area contributed by atoms with E-state index in [1.165, 1.54) is 135 Å². The number of hydrogen-bond acceptors (Lipinski definition) is 5. The summed E-state index contributed by atoms with van der Waals surface area (Å²) in [6, 6.07) is -0.849. The van der Waals surface area contributed by atoms with E-state index in [0.29, 0.717) is 17.4 Å². The maximum atomic E-state index is 12.9. The van der Waals surface area contributed by atoms with Crippen molar-refractivity contribution in [3.63, 3.8) is 0 Å². The summed E-state index contributed by atoms with van der Waals surface area (Å²) in [5.74, 6) is -0.184. The maximum Gasteiger partial charge on any atom is 0.472 e. The summed E-state index contributed by atoms with van der Waals surface area (Å²) in [6.07, 6.45) is 44.9. The highest BCUT2D eigenvalue weighted by molar-refractivity contribution is 7.47. The number of hydrogen-bond donors (Lipinski definition) is 3. The summed E-state index contributed by atoms with van der Waals surface area (Å²) in [4.78, 5) is 23.1. The lowest BCUT2D eigenvalue weighted by molar-refractivity contribution is -0.870. The highest BCUT2D eigenvalue weighted by Crippen LogP contribution is 2.43. The molecule has 3 N–H and O–H groups in total. The van der Waals surface area contributed by atoms with Crippen molar-refractivity contribution in [2.24, 2.45) is 0 Å². The number of rotatable bonds is 40. The normalized spacial score (nSPS) is 14.7. The van der Waals surface area contributed by atoms with Crippen molar-refractivity contribution in [3.05, 3.63) is 36.5 Å². The zero-order valence-electron chi connectivity index (χ0n) is 36.0. The first-order chi connectivity index (χ1) is 26.0. The minimum absolute atomic E-state index is 0.0593. The number of quaternary nitrogens is 1. The average Bonchev–Trinajstić information content (AvgIpc) is 3.12. The molecule has 0 aliphatic heterocycles. The number of phosphoric acid groups is 1. The van der Waals surface area contributed by atoms with Crippen LogP contribution in [0.15, 0.2) is 36.5 Å². The Morgan fingerprint density at radius 3 is 1.50 bits per heavy atom. The number of carbonyl (C=O) groups excluding carboxylic acids is 1. The van der Waals surface area contributed by atoms with Gasteiger partial charge in [0.2, 0.25) is 5.91 Å². The Morgan fingerprint density at radius 1 is 0.611 bits per heavy atom. The van der Waals surface area contributed by atoms with E-state index in [-0.39, 0.29) is 19.1 Å². The predicted octanol–water partition coefficient (Wildman–Crippen LogP) is 12.3. The van der Waals surface area contributed by atoms with Gasteiger partial charge in [-0.2, -0.15) is 0 Å². The molecule has 0 fully saturated rings. The minimum atomic E-state index is -4.34. The summed E-state index contributed by atoms with van der Waals surface area (Å²) in [6.45, 7) is 4.74. The van der Waals surface area contributed by atoms with E-state index in [1.54, 1.807) is 6.08 Å². The van der Waals surface area contributed by atoms with Gasteiger partial charge in [0, 0.05) is 6.42 Å². The van der Waals surface area contributed by atoms with Gasteiger partial charge in [0.25, 0.3) is 0 Å². The smallest absolute Gasteiger partial charge is 0.387 e. The molecular weight excluding hydrogens is 695 g/mol. The zero-order chi connectivity index (χ0) is 40.0. The number of unbranched alkanes of at least 4 members (excludes halogenated alkanes) is 23. The van der Waals surface area contributed by atoms with Gasteiger partial charge in [-0.3, -0.25) is 13.8 Å². The van der Waals surface area contributed by atoms with Gasteiger partial charge in [-0.15, -0.1) is 0 Å². The van der Waals surface area contributed by atoms with Gasteiger partial charge in [-0.05, 0) is 64.2 Å². The summed E-state index contributed by atoms with van der Waals surface area (Å²) >= 11 is 0. The minimum Gasteiger partial charge on any atom is -0.387 e. The number of carbonyl (C=O) groups is 1. The molecule has 0 bridgehead atoms. The number of phosphoric ester groups is 1. The predicted molar refractivity (Wildman–Crippen MR) is 231 cm³/mol. The molecule has 3 atom stereocenters. The molecule has 0 aromatic heterocycles. The van der Waals surface area contributed by atoms with Crippen LogP contribution in [0, 0.1) is 0 Å². The molecule has 8 nitrogen and oxygen atoms in total. The lowest BCUT2D eigenvalue weighted by Crippen LogP contribution is -2.45. The summed E-state index contributed by atoms with van der Waals surface area (Å²) in [5, 5.41) is 13.8. The van der Waals surface area contributed by atoms with E-state index in [1.807, 2.05) is 27.2 Å². The van der Waals surface area contributed by atoms with Crippen LogP contribution in [0.4, 0.5) is 0 Å². The van der Waals surface area contributed by atoms with Crippen LogP contribution >= 0.6 is 7.82 Å². The van der Waals surface area contributed by atoms with Crippen LogP contribution in [0.5, 0.6) is 0 Å². The van der Waals surface area contributed by atoms with Crippen molar-refractivity contribution in [2.45, 2.75) is 206 Å². The van der Waals surface area contributed by atoms with E-state index in [9.17, 15) is 19.4 Å². The molecule has 0 saturated carbocycles. The third-order valence-corrected chi connectivity index (χ3v) is 10.8. The maximum absolute atomic E-state index is 12.9. The quantitative estimate of drug-likeness (QED) is 0.0247. The molecule has 0 spiro atoms. The Balaban J connectivity index is 4.38. The monoisotopic (exact) mass is 784 g/mol. The Hall–Kier alpha value is -1.28. The molecule has 318 valence electrons. The lowest BCUT2D eigenvalue weighted by Gasteiger charge is -2.25. The third-order valence-electron chi connectivity index (χ3n) is 9.80. The molecule has 1 unspecified atom stereocenters. The second kappa shape index (κ2) is 37.3. The van der Waals surface area contributed by atoms with Crippen molar-refractivity contribution in [3.8, 4) is 0 Å². The van der Waals surface area contributed by atoms with Crippen LogP contribution in [0.2, 0.25) is 0 Å². The van der Waals surface area contributed by atoms with E-state index in [4.69, 9.17) is 9.05 Å². The van der Waals surface area contributed by atoms with E-state index in [2.05, 4.69) is 43.5 Å². The number of allylic oxidation sites excluding steroid dienone is 5. The number of aliphatic hydroxyl groups is 1. The molecule has 0 rings (SSSR count). The molecule has 9 heteroatoms. The first-order valence-electron chi connectivity index (χ1n) is 22.4. The molecule has 0 heterocycles. The molecule has 0 aliphatic carbocycles. The number of aliphatic hydroxyl groups excluding tert-OH is 1. The molecule has 0 saturated heterocycles. The fourth-order valence-electron chi connectivity index (χ4n) is 6.21. The number of nitrogens with one attached hydrogen (secondary N) is 1. The molecule has 1 amide bonds. The highest BCUT2D eigenvalue weighted by Gasteiger charge is 2.27. The Labute approximate surface area is 334 Å².